The number of carbonyl (C=O) groups is 1. The van der Waals surface area contributed by atoms with E-state index in [1.54, 1.807) is 6.92 Å². The molecule has 0 amide bonds. The molecule has 0 aliphatic rings. The van der Waals surface area contributed by atoms with Gasteiger partial charge in [-0.3, -0.25) is 4.79 Å². The van der Waals surface area contributed by atoms with Crippen molar-refractivity contribution in [2.45, 2.75) is 19.1 Å². The van der Waals surface area contributed by atoms with Gasteiger partial charge in [0.2, 0.25) is 10.0 Å². The second kappa shape index (κ2) is 6.63. The van der Waals surface area contributed by atoms with Crippen LogP contribution in [0.15, 0.2) is 24.3 Å². The number of carboxylic acid groups (broad SMARTS) is 1. The van der Waals surface area contributed by atoms with Crippen LogP contribution < -0.4 is 0 Å². The fraction of sp³-hybridized carbons (Fsp3) is 0.417. The highest BCUT2D eigenvalue weighted by Crippen LogP contribution is 2.12. The molecular weight excluding hydrogens is 273 g/mol. The van der Waals surface area contributed by atoms with E-state index in [9.17, 15) is 17.6 Å². The molecule has 0 aromatic heterocycles. The van der Waals surface area contributed by atoms with E-state index in [0.717, 1.165) is 4.31 Å². The summed E-state index contributed by atoms with van der Waals surface area (Å²) >= 11 is 0. The first-order chi connectivity index (χ1) is 8.85. The molecule has 0 radical (unpaired) electrons. The molecule has 7 heteroatoms. The highest BCUT2D eigenvalue weighted by atomic mass is 32.2. The molecule has 0 heterocycles. The predicted molar refractivity (Wildman–Crippen MR) is 68.5 cm³/mol. The fourth-order valence-corrected chi connectivity index (χ4v) is 3.16. The molecule has 106 valence electrons. The maximum Gasteiger partial charge on any atom is 0.304 e. The highest BCUT2D eigenvalue weighted by molar-refractivity contribution is 7.88. The Hall–Kier alpha value is -1.47. The molecule has 1 N–H and O–H groups in total. The summed E-state index contributed by atoms with van der Waals surface area (Å²) in [7, 11) is -3.59. The maximum absolute atomic E-state index is 12.7. The molecule has 19 heavy (non-hydrogen) atoms. The van der Waals surface area contributed by atoms with Crippen molar-refractivity contribution in [2.24, 2.45) is 0 Å². The zero-order valence-electron chi connectivity index (χ0n) is 10.5. The first-order valence-corrected chi connectivity index (χ1v) is 7.40. The van der Waals surface area contributed by atoms with Crippen LogP contribution in [0.4, 0.5) is 4.39 Å². The Bertz CT molecular complexity index is 527. The lowest BCUT2D eigenvalue weighted by Crippen LogP contribution is -2.33. The summed E-state index contributed by atoms with van der Waals surface area (Å²) in [5.41, 5.74) is 0.468. The van der Waals surface area contributed by atoms with Gasteiger partial charge in [0, 0.05) is 13.1 Å². The molecule has 0 fully saturated rings. The van der Waals surface area contributed by atoms with E-state index in [4.69, 9.17) is 5.11 Å². The summed E-state index contributed by atoms with van der Waals surface area (Å²) in [6.45, 7) is 1.79. The molecule has 1 aromatic rings. The molecule has 0 aliphatic heterocycles. The molecule has 0 saturated heterocycles. The van der Waals surface area contributed by atoms with Crippen LogP contribution in [0.3, 0.4) is 0 Å². The molecule has 0 spiro atoms. The van der Waals surface area contributed by atoms with Gasteiger partial charge in [-0.2, -0.15) is 0 Å². The standard InChI is InChI=1S/C12H16FNO4S/c1-2-14(8-7-12(15)16)19(17,18)9-10-3-5-11(13)6-4-10/h3-6H,2,7-9H2,1H3,(H,15,16). The minimum Gasteiger partial charge on any atom is -0.481 e. The van der Waals surface area contributed by atoms with Gasteiger partial charge in [0.25, 0.3) is 0 Å². The van der Waals surface area contributed by atoms with Crippen molar-refractivity contribution >= 4 is 16.0 Å². The van der Waals surface area contributed by atoms with E-state index < -0.39 is 21.8 Å². The average molecular weight is 289 g/mol. The van der Waals surface area contributed by atoms with E-state index in [1.807, 2.05) is 0 Å². The Morgan fingerprint density at radius 2 is 1.89 bits per heavy atom. The third-order valence-electron chi connectivity index (χ3n) is 2.58. The number of nitrogens with zero attached hydrogens (tertiary/aromatic N) is 1. The lowest BCUT2D eigenvalue weighted by atomic mass is 10.2. The van der Waals surface area contributed by atoms with Crippen LogP contribution in [-0.4, -0.2) is 36.9 Å². The van der Waals surface area contributed by atoms with E-state index in [1.165, 1.54) is 24.3 Å². The first-order valence-electron chi connectivity index (χ1n) is 5.79. The SMILES string of the molecule is CCN(CCC(=O)O)S(=O)(=O)Cc1ccc(F)cc1. The lowest BCUT2D eigenvalue weighted by molar-refractivity contribution is -0.137. The Morgan fingerprint density at radius 1 is 1.32 bits per heavy atom. The van der Waals surface area contributed by atoms with Crippen LogP contribution in [0.2, 0.25) is 0 Å². The quantitative estimate of drug-likeness (QED) is 0.824. The smallest absolute Gasteiger partial charge is 0.304 e. The number of carboxylic acids is 1. The van der Waals surface area contributed by atoms with Gasteiger partial charge in [-0.25, -0.2) is 17.1 Å². The van der Waals surface area contributed by atoms with Crippen molar-refractivity contribution < 1.29 is 22.7 Å². The summed E-state index contributed by atoms with van der Waals surface area (Å²) in [5.74, 6) is -1.74. The second-order valence-electron chi connectivity index (χ2n) is 4.02. The minimum absolute atomic E-state index is 0.0602. The number of hydrogen-bond donors (Lipinski definition) is 1. The molecule has 0 unspecified atom stereocenters. The van der Waals surface area contributed by atoms with Crippen LogP contribution >= 0.6 is 0 Å². The van der Waals surface area contributed by atoms with Gasteiger partial charge in [0.05, 0.1) is 12.2 Å². The van der Waals surface area contributed by atoms with Gasteiger partial charge in [-0.1, -0.05) is 19.1 Å². The van der Waals surface area contributed by atoms with Crippen molar-refractivity contribution in [1.29, 1.82) is 0 Å². The molecule has 0 atom stereocenters. The summed E-state index contributed by atoms with van der Waals surface area (Å²) in [4.78, 5) is 10.5. The Kier molecular flexibility index (Phi) is 5.44. The molecule has 1 aromatic carbocycles. The second-order valence-corrected chi connectivity index (χ2v) is 5.99. The molecule has 0 bridgehead atoms. The summed E-state index contributed by atoms with van der Waals surface area (Å²) in [6, 6.07) is 5.19. The Labute approximate surface area is 111 Å². The number of benzene rings is 1. The Morgan fingerprint density at radius 3 is 2.37 bits per heavy atom. The number of sulfonamides is 1. The van der Waals surface area contributed by atoms with Gasteiger partial charge >= 0.3 is 5.97 Å². The highest BCUT2D eigenvalue weighted by Gasteiger charge is 2.21. The largest absolute Gasteiger partial charge is 0.481 e. The van der Waals surface area contributed by atoms with Crippen LogP contribution in [0.25, 0.3) is 0 Å². The van der Waals surface area contributed by atoms with Gasteiger partial charge in [-0.15, -0.1) is 0 Å². The summed E-state index contributed by atoms with van der Waals surface area (Å²) < 4.78 is 38.0. The zero-order chi connectivity index (χ0) is 14.5. The number of hydrogen-bond acceptors (Lipinski definition) is 3. The molecule has 5 nitrogen and oxygen atoms in total. The van der Waals surface area contributed by atoms with Crippen LogP contribution in [0, 0.1) is 5.82 Å². The number of rotatable bonds is 7. The summed E-state index contributed by atoms with van der Waals surface area (Å²) in [5, 5.41) is 8.58. The van der Waals surface area contributed by atoms with Crippen molar-refractivity contribution in [1.82, 2.24) is 4.31 Å². The normalized spacial score (nSPS) is 11.7. The van der Waals surface area contributed by atoms with Crippen LogP contribution in [0.5, 0.6) is 0 Å². The zero-order valence-corrected chi connectivity index (χ0v) is 11.4. The first kappa shape index (κ1) is 15.6. The van der Waals surface area contributed by atoms with Crippen molar-refractivity contribution in [2.75, 3.05) is 13.1 Å². The van der Waals surface area contributed by atoms with Gasteiger partial charge < -0.3 is 5.11 Å². The molecule has 0 aliphatic carbocycles. The minimum atomic E-state index is -3.59. The lowest BCUT2D eigenvalue weighted by Gasteiger charge is -2.19. The molecule has 0 saturated carbocycles. The van der Waals surface area contributed by atoms with Crippen molar-refractivity contribution in [3.8, 4) is 0 Å². The van der Waals surface area contributed by atoms with E-state index in [2.05, 4.69) is 0 Å². The molecule has 1 rings (SSSR count). The van der Waals surface area contributed by atoms with Crippen molar-refractivity contribution in [3.63, 3.8) is 0 Å². The summed E-state index contributed by atoms with van der Waals surface area (Å²) in [6.07, 6.45) is -0.240. The predicted octanol–water partition coefficient (Wildman–Crippen LogP) is 1.45. The van der Waals surface area contributed by atoms with E-state index in [-0.39, 0.29) is 25.3 Å². The van der Waals surface area contributed by atoms with Gasteiger partial charge in [0.15, 0.2) is 0 Å². The van der Waals surface area contributed by atoms with Crippen LogP contribution in [-0.2, 0) is 20.6 Å². The van der Waals surface area contributed by atoms with E-state index >= 15 is 0 Å². The van der Waals surface area contributed by atoms with Crippen molar-refractivity contribution in [3.05, 3.63) is 35.6 Å². The topological polar surface area (TPSA) is 74.7 Å². The fourth-order valence-electron chi connectivity index (χ4n) is 1.60. The third kappa shape index (κ3) is 4.96. The van der Waals surface area contributed by atoms with Gasteiger partial charge in [-0.05, 0) is 17.7 Å². The average Bonchev–Trinajstić information content (AvgIpc) is 2.32. The van der Waals surface area contributed by atoms with Crippen LogP contribution in [0.1, 0.15) is 18.9 Å². The van der Waals surface area contributed by atoms with E-state index in [0.29, 0.717) is 5.56 Å². The molecular formula is C12H16FNO4S. The number of aliphatic carboxylic acids is 1. The van der Waals surface area contributed by atoms with Gasteiger partial charge in [0.1, 0.15) is 5.82 Å². The maximum atomic E-state index is 12.7. The third-order valence-corrected chi connectivity index (χ3v) is 4.51. The Balaban J connectivity index is 2.77. The monoisotopic (exact) mass is 289 g/mol. The number of halogens is 1.